The number of amides is 1. The van der Waals surface area contributed by atoms with Crippen LogP contribution >= 0.6 is 0 Å². The average molecular weight is 436 g/mol. The van der Waals surface area contributed by atoms with Crippen LogP contribution in [-0.4, -0.2) is 55.0 Å². The summed E-state index contributed by atoms with van der Waals surface area (Å²) in [7, 11) is 1.59. The van der Waals surface area contributed by atoms with E-state index in [4.69, 9.17) is 9.47 Å². The minimum absolute atomic E-state index is 0.212. The van der Waals surface area contributed by atoms with E-state index in [1.807, 2.05) is 23.1 Å². The molecule has 2 fully saturated rings. The number of rotatable bonds is 5. The maximum Gasteiger partial charge on any atom is 0.338 e. The standard InChI is InChI=1S/C25H29N3O4/c1-17-18(3-4-20-21(17)16-32-23(20)29)6-11-27-12-7-25(8-13-27)9-14-28(24(25)30)19-5-10-26-22(15-19)31-2/h3-5,10,15H,6-9,11-14,16H2,1-2H3. The maximum absolute atomic E-state index is 13.4. The zero-order valence-electron chi connectivity index (χ0n) is 18.7. The van der Waals surface area contributed by atoms with Crippen LogP contribution in [0, 0.1) is 12.3 Å². The minimum Gasteiger partial charge on any atom is -0.481 e. The highest BCUT2D eigenvalue weighted by molar-refractivity contribution is 6.00. The van der Waals surface area contributed by atoms with Gasteiger partial charge in [-0.05, 0) is 69.0 Å². The van der Waals surface area contributed by atoms with Gasteiger partial charge in [0, 0.05) is 30.9 Å². The molecule has 3 aliphatic heterocycles. The van der Waals surface area contributed by atoms with Gasteiger partial charge >= 0.3 is 5.97 Å². The Morgan fingerprint density at radius 2 is 1.91 bits per heavy atom. The fraction of sp³-hybridized carbons (Fsp3) is 0.480. The van der Waals surface area contributed by atoms with Gasteiger partial charge in [-0.1, -0.05) is 6.07 Å². The molecule has 1 amide bonds. The molecule has 1 aromatic heterocycles. The van der Waals surface area contributed by atoms with Gasteiger partial charge < -0.3 is 19.3 Å². The molecule has 2 aromatic rings. The SMILES string of the molecule is COc1cc(N2CCC3(CCN(CCc4ccc5c(c4C)COC5=O)CC3)C2=O)ccn1. The van der Waals surface area contributed by atoms with Gasteiger partial charge in [-0.15, -0.1) is 0 Å². The van der Waals surface area contributed by atoms with E-state index in [-0.39, 0.29) is 17.3 Å². The van der Waals surface area contributed by atoms with Crippen molar-refractivity contribution in [1.29, 1.82) is 0 Å². The second kappa shape index (κ2) is 8.20. The van der Waals surface area contributed by atoms with Crippen LogP contribution in [0.5, 0.6) is 5.88 Å². The molecule has 7 heteroatoms. The lowest BCUT2D eigenvalue weighted by molar-refractivity contribution is -0.128. The second-order valence-corrected chi connectivity index (χ2v) is 9.09. The largest absolute Gasteiger partial charge is 0.481 e. The van der Waals surface area contributed by atoms with E-state index in [1.54, 1.807) is 13.3 Å². The fourth-order valence-corrected chi connectivity index (χ4v) is 5.36. The van der Waals surface area contributed by atoms with E-state index in [0.29, 0.717) is 18.1 Å². The maximum atomic E-state index is 13.4. The van der Waals surface area contributed by atoms with Gasteiger partial charge in [-0.2, -0.15) is 0 Å². The highest BCUT2D eigenvalue weighted by atomic mass is 16.5. The Hall–Kier alpha value is -2.93. The first-order chi connectivity index (χ1) is 15.5. The Balaban J connectivity index is 1.19. The van der Waals surface area contributed by atoms with Gasteiger partial charge in [0.1, 0.15) is 6.61 Å². The van der Waals surface area contributed by atoms with Crippen LogP contribution in [-0.2, 0) is 22.6 Å². The van der Waals surface area contributed by atoms with Crippen molar-refractivity contribution in [2.75, 3.05) is 38.2 Å². The van der Waals surface area contributed by atoms with Gasteiger partial charge in [-0.25, -0.2) is 9.78 Å². The number of carbonyl (C=O) groups excluding carboxylic acids is 2. The number of ether oxygens (including phenoxy) is 2. The summed E-state index contributed by atoms with van der Waals surface area (Å²) in [6.45, 7) is 6.06. The number of anilines is 1. The summed E-state index contributed by atoms with van der Waals surface area (Å²) in [4.78, 5) is 33.6. The molecule has 32 heavy (non-hydrogen) atoms. The van der Waals surface area contributed by atoms with Crippen molar-refractivity contribution in [3.8, 4) is 5.88 Å². The molecule has 0 N–H and O–H groups in total. The molecular weight excluding hydrogens is 406 g/mol. The van der Waals surface area contributed by atoms with Crippen LogP contribution in [0.4, 0.5) is 5.69 Å². The third kappa shape index (κ3) is 3.54. The molecule has 5 rings (SSSR count). The molecule has 0 atom stereocenters. The zero-order valence-corrected chi connectivity index (χ0v) is 18.7. The average Bonchev–Trinajstić information content (AvgIpc) is 3.35. The summed E-state index contributed by atoms with van der Waals surface area (Å²) in [6.07, 6.45) is 5.34. The molecule has 1 aromatic carbocycles. The number of esters is 1. The molecule has 0 unspecified atom stereocenters. The number of fused-ring (bicyclic) bond motifs is 1. The topological polar surface area (TPSA) is 72.0 Å². The summed E-state index contributed by atoms with van der Waals surface area (Å²) < 4.78 is 10.4. The first-order valence-electron chi connectivity index (χ1n) is 11.3. The van der Waals surface area contributed by atoms with Gasteiger partial charge in [0.05, 0.1) is 23.8 Å². The summed E-state index contributed by atoms with van der Waals surface area (Å²) in [5.41, 5.74) is 4.83. The smallest absolute Gasteiger partial charge is 0.338 e. The number of methoxy groups -OCH3 is 1. The number of benzene rings is 1. The minimum atomic E-state index is -0.242. The molecule has 0 aliphatic carbocycles. The van der Waals surface area contributed by atoms with Crippen LogP contribution in [0.1, 0.15) is 46.3 Å². The van der Waals surface area contributed by atoms with Crippen molar-refractivity contribution in [2.45, 2.75) is 39.2 Å². The summed E-state index contributed by atoms with van der Waals surface area (Å²) in [5, 5.41) is 0. The molecule has 0 bridgehead atoms. The predicted octanol–water partition coefficient (Wildman–Crippen LogP) is 3.13. The van der Waals surface area contributed by atoms with Gasteiger partial charge in [0.25, 0.3) is 0 Å². The van der Waals surface area contributed by atoms with Crippen molar-refractivity contribution in [1.82, 2.24) is 9.88 Å². The van der Waals surface area contributed by atoms with Gasteiger partial charge in [0.2, 0.25) is 11.8 Å². The molecule has 2 saturated heterocycles. The Labute approximate surface area is 188 Å². The number of likely N-dealkylation sites (tertiary alicyclic amines) is 1. The first-order valence-corrected chi connectivity index (χ1v) is 11.3. The lowest BCUT2D eigenvalue weighted by atomic mass is 9.77. The molecule has 168 valence electrons. The molecule has 0 radical (unpaired) electrons. The normalized spacial score (nSPS) is 20.0. The number of hydrogen-bond donors (Lipinski definition) is 0. The number of carbonyl (C=O) groups is 2. The van der Waals surface area contributed by atoms with Crippen LogP contribution in [0.25, 0.3) is 0 Å². The van der Waals surface area contributed by atoms with Crippen molar-refractivity contribution < 1.29 is 19.1 Å². The molecule has 1 spiro atoms. The molecule has 4 heterocycles. The van der Waals surface area contributed by atoms with Crippen LogP contribution in [0.3, 0.4) is 0 Å². The van der Waals surface area contributed by atoms with Crippen molar-refractivity contribution in [2.24, 2.45) is 5.41 Å². The third-order valence-electron chi connectivity index (χ3n) is 7.54. The Kier molecular flexibility index (Phi) is 5.37. The van der Waals surface area contributed by atoms with Crippen LogP contribution in [0.2, 0.25) is 0 Å². The Morgan fingerprint density at radius 3 is 2.69 bits per heavy atom. The summed E-state index contributed by atoms with van der Waals surface area (Å²) >= 11 is 0. The van der Waals surface area contributed by atoms with E-state index in [1.165, 1.54) is 11.1 Å². The number of nitrogens with zero attached hydrogens (tertiary/aromatic N) is 3. The summed E-state index contributed by atoms with van der Waals surface area (Å²) in [6, 6.07) is 7.68. The second-order valence-electron chi connectivity index (χ2n) is 9.09. The molecular formula is C25H29N3O4. The number of cyclic esters (lactones) is 1. The van der Waals surface area contributed by atoms with E-state index in [2.05, 4.69) is 22.9 Å². The Morgan fingerprint density at radius 1 is 1.12 bits per heavy atom. The fourth-order valence-electron chi connectivity index (χ4n) is 5.36. The van der Waals surface area contributed by atoms with Gasteiger partial charge in [-0.3, -0.25) is 4.79 Å². The van der Waals surface area contributed by atoms with Crippen molar-refractivity contribution in [3.05, 3.63) is 52.7 Å². The quantitative estimate of drug-likeness (QED) is 0.672. The highest BCUT2D eigenvalue weighted by Crippen LogP contribution is 2.43. The van der Waals surface area contributed by atoms with Crippen molar-refractivity contribution in [3.63, 3.8) is 0 Å². The first kappa shape index (κ1) is 20.9. The Bertz CT molecular complexity index is 1060. The molecule has 0 saturated carbocycles. The lowest BCUT2D eigenvalue weighted by Crippen LogP contribution is -2.45. The number of hydrogen-bond acceptors (Lipinski definition) is 6. The summed E-state index contributed by atoms with van der Waals surface area (Å²) in [5.74, 6) is 0.560. The van der Waals surface area contributed by atoms with E-state index in [0.717, 1.165) is 63.1 Å². The monoisotopic (exact) mass is 435 g/mol. The number of pyridine rings is 1. The van der Waals surface area contributed by atoms with Gasteiger partial charge in [0.15, 0.2) is 0 Å². The molecule has 7 nitrogen and oxygen atoms in total. The zero-order chi connectivity index (χ0) is 22.3. The number of aromatic nitrogens is 1. The molecule has 3 aliphatic rings. The third-order valence-corrected chi connectivity index (χ3v) is 7.54. The van der Waals surface area contributed by atoms with E-state index >= 15 is 0 Å². The van der Waals surface area contributed by atoms with E-state index in [9.17, 15) is 9.59 Å². The highest BCUT2D eigenvalue weighted by Gasteiger charge is 2.48. The van der Waals surface area contributed by atoms with Crippen LogP contribution in [0.15, 0.2) is 30.5 Å². The predicted molar refractivity (Wildman–Crippen MR) is 120 cm³/mol. The van der Waals surface area contributed by atoms with E-state index < -0.39 is 0 Å². The lowest BCUT2D eigenvalue weighted by Gasteiger charge is -2.38. The van der Waals surface area contributed by atoms with Crippen molar-refractivity contribution >= 4 is 17.6 Å². The van der Waals surface area contributed by atoms with Crippen LogP contribution < -0.4 is 9.64 Å². The number of piperidine rings is 1.